The van der Waals surface area contributed by atoms with Crippen molar-refractivity contribution >= 4 is 23.3 Å². The van der Waals surface area contributed by atoms with Gasteiger partial charge in [0.2, 0.25) is 5.96 Å². The van der Waals surface area contributed by atoms with Crippen molar-refractivity contribution in [2.45, 2.75) is 18.4 Å². The number of nitrogens with zero attached hydrogens (tertiary/aromatic N) is 4. The second-order valence-corrected chi connectivity index (χ2v) is 6.20. The molecule has 0 saturated heterocycles. The summed E-state index contributed by atoms with van der Waals surface area (Å²) in [6.07, 6.45) is -8.70. The summed E-state index contributed by atoms with van der Waals surface area (Å²) in [4.78, 5) is 7.81. The molecule has 3 rings (SSSR count). The molecular weight excluding hydrogens is 430 g/mol. The number of fused-ring (bicyclic) bond motifs is 1. The van der Waals surface area contributed by atoms with Crippen LogP contribution in [0.3, 0.4) is 0 Å². The summed E-state index contributed by atoms with van der Waals surface area (Å²) in [5, 5.41) is 22.6. The maximum atomic E-state index is 13.7. The topological polar surface area (TPSA) is 149 Å². The SMILES string of the molecule is N#CNC1=NC(c2ccc(C(F)(F)F)cc2C(F)(F)F)c2c(nc(N)c(C#N)c2N)N1. The van der Waals surface area contributed by atoms with Crippen LogP contribution in [0.4, 0.5) is 43.7 Å². The number of nitrogens with two attached hydrogens (primary N) is 2. The second-order valence-electron chi connectivity index (χ2n) is 6.20. The molecule has 0 bridgehead atoms. The molecule has 2 heterocycles. The van der Waals surface area contributed by atoms with Crippen LogP contribution in [0, 0.1) is 22.8 Å². The molecule has 1 atom stereocenters. The Morgan fingerprint density at radius 3 is 2.29 bits per heavy atom. The van der Waals surface area contributed by atoms with Crippen molar-refractivity contribution in [1.82, 2.24) is 10.3 Å². The third kappa shape index (κ3) is 3.83. The summed E-state index contributed by atoms with van der Waals surface area (Å²) >= 11 is 0. The van der Waals surface area contributed by atoms with Gasteiger partial charge in [-0.05, 0) is 17.7 Å². The van der Waals surface area contributed by atoms with Crippen LogP contribution in [0.5, 0.6) is 0 Å². The van der Waals surface area contributed by atoms with Gasteiger partial charge in [0.1, 0.15) is 29.3 Å². The largest absolute Gasteiger partial charge is 0.416 e. The lowest BCUT2D eigenvalue weighted by atomic mass is 9.90. The molecule has 0 spiro atoms. The lowest BCUT2D eigenvalue weighted by Crippen LogP contribution is -2.33. The number of halogens is 6. The first-order chi connectivity index (χ1) is 14.4. The fourth-order valence-electron chi connectivity index (χ4n) is 3.02. The van der Waals surface area contributed by atoms with Gasteiger partial charge >= 0.3 is 12.4 Å². The van der Waals surface area contributed by atoms with Gasteiger partial charge in [-0.25, -0.2) is 9.98 Å². The first-order valence-electron chi connectivity index (χ1n) is 8.15. The van der Waals surface area contributed by atoms with E-state index in [-0.39, 0.29) is 40.5 Å². The van der Waals surface area contributed by atoms with Crippen LogP contribution in [0.15, 0.2) is 23.2 Å². The molecule has 160 valence electrons. The third-order valence-electron chi connectivity index (χ3n) is 4.34. The summed E-state index contributed by atoms with van der Waals surface area (Å²) in [5.41, 5.74) is 6.85. The van der Waals surface area contributed by atoms with Crippen molar-refractivity contribution in [3.63, 3.8) is 0 Å². The molecule has 0 saturated carbocycles. The number of hydrogen-bond acceptors (Lipinski definition) is 8. The lowest BCUT2D eigenvalue weighted by Gasteiger charge is -2.28. The number of aromatic nitrogens is 1. The number of alkyl halides is 6. The van der Waals surface area contributed by atoms with E-state index in [1.165, 1.54) is 6.19 Å². The zero-order valence-corrected chi connectivity index (χ0v) is 15.0. The van der Waals surface area contributed by atoms with Crippen molar-refractivity contribution in [1.29, 1.82) is 10.5 Å². The van der Waals surface area contributed by atoms with Crippen LogP contribution in [0.25, 0.3) is 0 Å². The van der Waals surface area contributed by atoms with Gasteiger partial charge in [0, 0.05) is 5.56 Å². The molecule has 8 nitrogen and oxygen atoms in total. The summed E-state index contributed by atoms with van der Waals surface area (Å²) in [6.45, 7) is 0. The number of benzene rings is 1. The maximum absolute atomic E-state index is 13.7. The van der Waals surface area contributed by atoms with Crippen molar-refractivity contribution in [3.05, 3.63) is 46.0 Å². The van der Waals surface area contributed by atoms with Gasteiger partial charge in [0.25, 0.3) is 0 Å². The number of aliphatic imine (C=N–C) groups is 1. The number of rotatable bonds is 1. The Bertz CT molecular complexity index is 1170. The molecule has 2 aromatic rings. The van der Waals surface area contributed by atoms with E-state index >= 15 is 0 Å². The number of nitrogens with one attached hydrogen (secondary N) is 2. The van der Waals surface area contributed by atoms with Gasteiger partial charge in [0.15, 0.2) is 6.19 Å². The van der Waals surface area contributed by atoms with Crippen LogP contribution in [0.2, 0.25) is 0 Å². The monoisotopic (exact) mass is 440 g/mol. The molecule has 1 aliphatic heterocycles. The molecular formula is C17H10F6N8. The highest BCUT2D eigenvalue weighted by atomic mass is 19.4. The Labute approximate surface area is 169 Å². The average Bonchev–Trinajstić information content (AvgIpc) is 2.66. The molecule has 0 aliphatic carbocycles. The molecule has 0 amide bonds. The van der Waals surface area contributed by atoms with Crippen molar-refractivity contribution < 1.29 is 26.3 Å². The summed E-state index contributed by atoms with van der Waals surface area (Å²) in [7, 11) is 0. The Hall–Kier alpha value is -4.20. The first kappa shape index (κ1) is 21.5. The minimum atomic E-state index is -5.19. The Morgan fingerprint density at radius 1 is 1.06 bits per heavy atom. The van der Waals surface area contributed by atoms with E-state index in [9.17, 15) is 31.6 Å². The van der Waals surface area contributed by atoms with Crippen LogP contribution in [-0.2, 0) is 12.4 Å². The number of nitriles is 2. The molecule has 1 aromatic carbocycles. The van der Waals surface area contributed by atoms with E-state index in [0.717, 1.165) is 0 Å². The summed E-state index contributed by atoms with van der Waals surface area (Å²) in [5.74, 6) is -0.893. The van der Waals surface area contributed by atoms with E-state index < -0.39 is 35.1 Å². The highest BCUT2D eigenvalue weighted by molar-refractivity contribution is 5.98. The fraction of sp³-hybridized carbons (Fsp3) is 0.176. The number of hydrogen-bond donors (Lipinski definition) is 4. The molecule has 6 N–H and O–H groups in total. The lowest BCUT2D eigenvalue weighted by molar-refractivity contribution is -0.143. The minimum absolute atomic E-state index is 0.0456. The maximum Gasteiger partial charge on any atom is 0.416 e. The molecule has 1 unspecified atom stereocenters. The van der Waals surface area contributed by atoms with Crippen LogP contribution >= 0.6 is 0 Å². The van der Waals surface area contributed by atoms with Crippen molar-refractivity contribution in [2.24, 2.45) is 4.99 Å². The Morgan fingerprint density at radius 2 is 1.74 bits per heavy atom. The second kappa shape index (κ2) is 7.24. The average molecular weight is 440 g/mol. The van der Waals surface area contributed by atoms with Gasteiger partial charge in [0.05, 0.1) is 16.8 Å². The number of guanidine groups is 1. The van der Waals surface area contributed by atoms with E-state index in [1.807, 2.05) is 0 Å². The van der Waals surface area contributed by atoms with E-state index in [1.54, 1.807) is 6.07 Å². The predicted molar refractivity (Wildman–Crippen MR) is 95.9 cm³/mol. The number of anilines is 3. The standard InChI is InChI=1S/C17H10F6N8/c18-16(19,20)6-1-2-7(9(3-6)17(21,22)23)12-10-11(26)8(4-24)13(27)30-14(10)31-15(29-12)28-5-25/h1-3,12H,(H6,26,27,28,29,30,31). The molecule has 31 heavy (non-hydrogen) atoms. The van der Waals surface area contributed by atoms with Crippen molar-refractivity contribution in [3.8, 4) is 12.3 Å². The van der Waals surface area contributed by atoms with Gasteiger partial charge < -0.3 is 16.8 Å². The normalized spacial score (nSPS) is 15.7. The summed E-state index contributed by atoms with van der Waals surface area (Å²) in [6, 6.07) is 1.05. The van der Waals surface area contributed by atoms with Crippen LogP contribution < -0.4 is 22.1 Å². The van der Waals surface area contributed by atoms with Crippen LogP contribution in [-0.4, -0.2) is 10.9 Å². The highest BCUT2D eigenvalue weighted by Gasteiger charge is 2.41. The smallest absolute Gasteiger partial charge is 0.397 e. The molecule has 1 aromatic heterocycles. The number of pyridine rings is 1. The molecule has 14 heteroatoms. The van der Waals surface area contributed by atoms with Crippen LogP contribution in [0.1, 0.15) is 33.9 Å². The summed E-state index contributed by atoms with van der Waals surface area (Å²) < 4.78 is 80.1. The Balaban J connectivity index is 2.35. The van der Waals surface area contributed by atoms with Gasteiger partial charge in [-0.3, -0.25) is 5.32 Å². The van der Waals surface area contributed by atoms with Gasteiger partial charge in [-0.15, -0.1) is 0 Å². The van der Waals surface area contributed by atoms with Gasteiger partial charge in [-0.1, -0.05) is 6.07 Å². The van der Waals surface area contributed by atoms with Gasteiger partial charge in [-0.2, -0.15) is 36.9 Å². The highest BCUT2D eigenvalue weighted by Crippen LogP contribution is 2.46. The zero-order chi connectivity index (χ0) is 23.1. The molecule has 1 aliphatic rings. The first-order valence-corrected chi connectivity index (χ1v) is 8.15. The van der Waals surface area contributed by atoms with E-state index in [4.69, 9.17) is 16.7 Å². The zero-order valence-electron chi connectivity index (χ0n) is 15.0. The third-order valence-corrected chi connectivity index (χ3v) is 4.34. The predicted octanol–water partition coefficient (Wildman–Crippen LogP) is 3.10. The van der Waals surface area contributed by atoms with E-state index in [0.29, 0.717) is 12.1 Å². The Kier molecular flexibility index (Phi) is 5.03. The molecule has 0 radical (unpaired) electrons. The fourth-order valence-corrected chi connectivity index (χ4v) is 3.02. The molecule has 0 fully saturated rings. The number of nitrogen functional groups attached to an aromatic ring is 2. The minimum Gasteiger partial charge on any atom is -0.397 e. The van der Waals surface area contributed by atoms with Crippen molar-refractivity contribution in [2.75, 3.05) is 16.8 Å². The van der Waals surface area contributed by atoms with E-state index in [2.05, 4.69) is 20.6 Å². The quantitative estimate of drug-likeness (QED) is 0.302.